The number of rotatable bonds is 19. The van der Waals surface area contributed by atoms with E-state index in [-0.39, 0.29) is 25.2 Å². The minimum atomic E-state index is 0.0824. The molecule has 0 aliphatic carbocycles. The Balaban J connectivity index is 3.53. The zero-order chi connectivity index (χ0) is 19.5. The van der Waals surface area contributed by atoms with Gasteiger partial charge in [0.1, 0.15) is 0 Å². The summed E-state index contributed by atoms with van der Waals surface area (Å²) in [6, 6.07) is 0. The van der Waals surface area contributed by atoms with Crippen LogP contribution >= 0.6 is 0 Å². The van der Waals surface area contributed by atoms with Crippen LogP contribution < -0.4 is 5.32 Å². The van der Waals surface area contributed by atoms with Crippen molar-refractivity contribution in [1.29, 1.82) is 0 Å². The van der Waals surface area contributed by atoms with Crippen LogP contribution in [0, 0.1) is 0 Å². The van der Waals surface area contributed by atoms with Gasteiger partial charge in [0.25, 0.3) is 0 Å². The largest absolute Gasteiger partial charge is 0.395 e. The quantitative estimate of drug-likeness (QED) is 0.302. The van der Waals surface area contributed by atoms with E-state index >= 15 is 0 Å². The molecule has 0 aliphatic heterocycles. The first-order chi connectivity index (χ1) is 12.6. The molecular formula is C20H42N2O4. The van der Waals surface area contributed by atoms with Gasteiger partial charge in [-0.1, -0.05) is 45.4 Å². The molecule has 0 fully saturated rings. The van der Waals surface area contributed by atoms with Gasteiger partial charge >= 0.3 is 0 Å². The van der Waals surface area contributed by atoms with E-state index in [1.54, 1.807) is 0 Å². The van der Waals surface area contributed by atoms with E-state index in [0.29, 0.717) is 39.2 Å². The fourth-order valence-electron chi connectivity index (χ4n) is 2.83. The lowest BCUT2D eigenvalue weighted by molar-refractivity contribution is -0.121. The number of amides is 1. The standard InChI is InChI=1S/C20H42N2O4/c1-3-4-5-6-7-8-9-10-20(25)21-12-11-19(2)26-18-15-22(13-16-23)14-17-24/h19,23-24H,3-18H2,1-2H3,(H,21,25). The molecule has 0 heterocycles. The number of ether oxygens (including phenoxy) is 1. The lowest BCUT2D eigenvalue weighted by Crippen LogP contribution is -2.34. The number of unbranched alkanes of at least 4 members (excludes halogenated alkanes) is 6. The number of nitrogens with one attached hydrogen (secondary N) is 1. The van der Waals surface area contributed by atoms with E-state index in [4.69, 9.17) is 14.9 Å². The van der Waals surface area contributed by atoms with Crippen molar-refractivity contribution >= 4 is 5.91 Å². The molecule has 6 heteroatoms. The maximum absolute atomic E-state index is 11.8. The number of hydrogen-bond donors (Lipinski definition) is 3. The average molecular weight is 375 g/mol. The Hall–Kier alpha value is -0.690. The molecule has 0 aliphatic rings. The van der Waals surface area contributed by atoms with Gasteiger partial charge in [-0.3, -0.25) is 9.69 Å². The van der Waals surface area contributed by atoms with E-state index in [9.17, 15) is 4.79 Å². The van der Waals surface area contributed by atoms with Gasteiger partial charge in [-0.05, 0) is 19.8 Å². The fourth-order valence-corrected chi connectivity index (χ4v) is 2.83. The Labute approximate surface area is 160 Å². The molecule has 6 nitrogen and oxygen atoms in total. The molecule has 0 aromatic heterocycles. The van der Waals surface area contributed by atoms with Crippen LogP contribution in [0.4, 0.5) is 0 Å². The van der Waals surface area contributed by atoms with Gasteiger partial charge in [0.2, 0.25) is 5.91 Å². The second-order valence-corrected chi connectivity index (χ2v) is 6.98. The third kappa shape index (κ3) is 16.8. The first-order valence-electron chi connectivity index (χ1n) is 10.5. The Morgan fingerprint density at radius 1 is 1.00 bits per heavy atom. The third-order valence-corrected chi connectivity index (χ3v) is 4.52. The van der Waals surface area contributed by atoms with Crippen molar-refractivity contribution in [3.63, 3.8) is 0 Å². The fraction of sp³-hybridized carbons (Fsp3) is 0.950. The highest BCUT2D eigenvalue weighted by molar-refractivity contribution is 5.75. The van der Waals surface area contributed by atoms with E-state index in [2.05, 4.69) is 12.2 Å². The van der Waals surface area contributed by atoms with Gasteiger partial charge in [-0.15, -0.1) is 0 Å². The zero-order valence-electron chi connectivity index (χ0n) is 17.0. The molecule has 0 aromatic rings. The zero-order valence-corrected chi connectivity index (χ0v) is 17.0. The van der Waals surface area contributed by atoms with Crippen molar-refractivity contribution in [2.75, 3.05) is 46.0 Å². The molecule has 0 aromatic carbocycles. The number of nitrogens with zero attached hydrogens (tertiary/aromatic N) is 1. The van der Waals surface area contributed by atoms with Crippen molar-refractivity contribution in [2.45, 2.75) is 77.7 Å². The van der Waals surface area contributed by atoms with Gasteiger partial charge in [0.05, 0.1) is 25.9 Å². The Morgan fingerprint density at radius 2 is 1.62 bits per heavy atom. The number of carbonyl (C=O) groups is 1. The molecule has 1 unspecified atom stereocenters. The molecule has 1 atom stereocenters. The Morgan fingerprint density at radius 3 is 2.23 bits per heavy atom. The summed E-state index contributed by atoms with van der Waals surface area (Å²) >= 11 is 0. The molecule has 156 valence electrons. The van der Waals surface area contributed by atoms with Crippen LogP contribution in [0.3, 0.4) is 0 Å². The highest BCUT2D eigenvalue weighted by Crippen LogP contribution is 2.08. The number of hydrogen-bond acceptors (Lipinski definition) is 5. The van der Waals surface area contributed by atoms with Gasteiger partial charge in [-0.25, -0.2) is 0 Å². The summed E-state index contributed by atoms with van der Waals surface area (Å²) in [5.74, 6) is 0.142. The maximum Gasteiger partial charge on any atom is 0.219 e. The summed E-state index contributed by atoms with van der Waals surface area (Å²) in [6.45, 7) is 7.39. The molecule has 0 rings (SSSR count). The molecule has 1 amide bonds. The molecule has 0 saturated heterocycles. The minimum Gasteiger partial charge on any atom is -0.395 e. The summed E-state index contributed by atoms with van der Waals surface area (Å²) in [7, 11) is 0. The maximum atomic E-state index is 11.8. The van der Waals surface area contributed by atoms with Crippen LogP contribution in [0.5, 0.6) is 0 Å². The molecule has 3 N–H and O–H groups in total. The number of aliphatic hydroxyl groups is 2. The lowest BCUT2D eigenvalue weighted by Gasteiger charge is -2.21. The smallest absolute Gasteiger partial charge is 0.219 e. The Bertz CT molecular complexity index is 310. The van der Waals surface area contributed by atoms with E-state index in [1.807, 2.05) is 11.8 Å². The second kappa shape index (κ2) is 19.1. The molecule has 0 bridgehead atoms. The first kappa shape index (κ1) is 25.3. The molecular weight excluding hydrogens is 332 g/mol. The average Bonchev–Trinajstić information content (AvgIpc) is 2.61. The van der Waals surface area contributed by atoms with Crippen LogP contribution in [0.15, 0.2) is 0 Å². The third-order valence-electron chi connectivity index (χ3n) is 4.52. The summed E-state index contributed by atoms with van der Waals surface area (Å²) in [6.07, 6.45) is 10.1. The molecule has 0 saturated carbocycles. The monoisotopic (exact) mass is 374 g/mol. The van der Waals surface area contributed by atoms with Crippen molar-refractivity contribution in [3.8, 4) is 0 Å². The summed E-state index contributed by atoms with van der Waals surface area (Å²) < 4.78 is 5.74. The summed E-state index contributed by atoms with van der Waals surface area (Å²) in [5, 5.41) is 20.9. The van der Waals surface area contributed by atoms with E-state index < -0.39 is 0 Å². The van der Waals surface area contributed by atoms with Gasteiger partial charge < -0.3 is 20.3 Å². The van der Waals surface area contributed by atoms with Crippen LogP contribution in [0.2, 0.25) is 0 Å². The van der Waals surface area contributed by atoms with Crippen molar-refractivity contribution < 1.29 is 19.7 Å². The normalized spacial score (nSPS) is 12.5. The lowest BCUT2D eigenvalue weighted by atomic mass is 10.1. The number of aliphatic hydroxyl groups excluding tert-OH is 2. The van der Waals surface area contributed by atoms with Gasteiger partial charge in [-0.2, -0.15) is 0 Å². The molecule has 26 heavy (non-hydrogen) atoms. The van der Waals surface area contributed by atoms with Crippen LogP contribution in [0.25, 0.3) is 0 Å². The number of carbonyl (C=O) groups excluding carboxylic acids is 1. The SMILES string of the molecule is CCCCCCCCCC(=O)NCCC(C)OCCN(CCO)CCO. The Kier molecular flexibility index (Phi) is 18.6. The van der Waals surface area contributed by atoms with Gasteiger partial charge in [0.15, 0.2) is 0 Å². The van der Waals surface area contributed by atoms with Crippen molar-refractivity contribution in [2.24, 2.45) is 0 Å². The highest BCUT2D eigenvalue weighted by atomic mass is 16.5. The highest BCUT2D eigenvalue weighted by Gasteiger charge is 2.07. The topological polar surface area (TPSA) is 82.0 Å². The van der Waals surface area contributed by atoms with E-state index in [0.717, 1.165) is 19.3 Å². The first-order valence-corrected chi connectivity index (χ1v) is 10.5. The van der Waals surface area contributed by atoms with Crippen LogP contribution in [-0.4, -0.2) is 73.1 Å². The summed E-state index contributed by atoms with van der Waals surface area (Å²) in [4.78, 5) is 13.8. The van der Waals surface area contributed by atoms with Crippen LogP contribution in [-0.2, 0) is 9.53 Å². The summed E-state index contributed by atoms with van der Waals surface area (Å²) in [5.41, 5.74) is 0. The predicted molar refractivity (Wildman–Crippen MR) is 106 cm³/mol. The molecule has 0 spiro atoms. The van der Waals surface area contributed by atoms with Crippen molar-refractivity contribution in [1.82, 2.24) is 10.2 Å². The second-order valence-electron chi connectivity index (χ2n) is 6.98. The van der Waals surface area contributed by atoms with Crippen molar-refractivity contribution in [3.05, 3.63) is 0 Å². The predicted octanol–water partition coefficient (Wildman–Crippen LogP) is 2.33. The minimum absolute atomic E-state index is 0.0824. The van der Waals surface area contributed by atoms with E-state index in [1.165, 1.54) is 32.1 Å². The van der Waals surface area contributed by atoms with Crippen LogP contribution in [0.1, 0.15) is 71.6 Å². The van der Waals surface area contributed by atoms with Gasteiger partial charge in [0, 0.05) is 32.6 Å². The molecule has 0 radical (unpaired) electrons.